The van der Waals surface area contributed by atoms with E-state index in [9.17, 15) is 14.4 Å². The Hall–Kier alpha value is -3.52. The maximum atomic E-state index is 13.2. The second kappa shape index (κ2) is 10.2. The molecule has 3 rings (SSSR count). The second-order valence-electron chi connectivity index (χ2n) is 8.26. The van der Waals surface area contributed by atoms with Crippen molar-refractivity contribution >= 4 is 23.5 Å². The molecule has 1 aliphatic carbocycles. The zero-order valence-electron chi connectivity index (χ0n) is 18.8. The molecule has 0 radical (unpaired) electrons. The number of rotatable bonds is 7. The van der Waals surface area contributed by atoms with E-state index in [4.69, 9.17) is 5.26 Å². The number of ketones is 2. The molecule has 0 heterocycles. The molecule has 1 N–H and O–H groups in total. The highest BCUT2D eigenvalue weighted by Crippen LogP contribution is 2.38. The number of carbonyl (C=O) groups excluding carboxylic acids is 3. The Morgan fingerprint density at radius 1 is 1.22 bits per heavy atom. The molecular weight excluding hydrogens is 400 g/mol. The molecule has 1 aliphatic rings. The van der Waals surface area contributed by atoms with Gasteiger partial charge >= 0.3 is 0 Å². The number of hydrogen-bond acceptors (Lipinski definition) is 4. The Bertz CT molecular complexity index is 1110. The first-order valence-electron chi connectivity index (χ1n) is 11.0. The van der Waals surface area contributed by atoms with Crippen LogP contribution in [0.25, 0.3) is 6.08 Å². The SMILES string of the molecule is C/C=C/c1cc(C)c(C2C(=O)CC(CC(=O)NCc3ccc(C#N)cc3)C2=O)c(CC)c1. The van der Waals surface area contributed by atoms with E-state index in [0.29, 0.717) is 12.1 Å². The highest BCUT2D eigenvalue weighted by atomic mass is 16.2. The Balaban J connectivity index is 1.70. The fourth-order valence-corrected chi connectivity index (χ4v) is 4.42. The van der Waals surface area contributed by atoms with Gasteiger partial charge in [0.05, 0.1) is 11.6 Å². The molecule has 0 bridgehead atoms. The van der Waals surface area contributed by atoms with E-state index < -0.39 is 11.8 Å². The van der Waals surface area contributed by atoms with E-state index in [-0.39, 0.29) is 30.3 Å². The highest BCUT2D eigenvalue weighted by Gasteiger charge is 2.44. The number of aryl methyl sites for hydroxylation is 2. The molecule has 0 aromatic heterocycles. The topological polar surface area (TPSA) is 87.0 Å². The standard InChI is InChI=1S/C27H28N2O3/c1-4-6-20-11-17(3)25(21(5-2)12-20)26-23(30)13-22(27(26)32)14-24(31)29-16-19-9-7-18(15-28)8-10-19/h4,6-12,22,26H,5,13-14,16H2,1-3H3,(H,29,31)/b6-4+. The van der Waals surface area contributed by atoms with Crippen LogP contribution in [0.2, 0.25) is 0 Å². The maximum absolute atomic E-state index is 13.2. The number of nitriles is 1. The average molecular weight is 429 g/mol. The molecule has 2 aromatic rings. The third-order valence-electron chi connectivity index (χ3n) is 5.98. The summed E-state index contributed by atoms with van der Waals surface area (Å²) in [5, 5.41) is 11.7. The van der Waals surface area contributed by atoms with Crippen molar-refractivity contribution in [1.29, 1.82) is 5.26 Å². The Kier molecular flexibility index (Phi) is 7.37. The molecule has 32 heavy (non-hydrogen) atoms. The van der Waals surface area contributed by atoms with Crippen LogP contribution in [0, 0.1) is 24.2 Å². The first-order valence-corrected chi connectivity index (χ1v) is 11.0. The van der Waals surface area contributed by atoms with Crippen LogP contribution in [0.1, 0.15) is 66.0 Å². The minimum atomic E-state index is -0.777. The van der Waals surface area contributed by atoms with Gasteiger partial charge in [-0.2, -0.15) is 5.26 Å². The summed E-state index contributed by atoms with van der Waals surface area (Å²) in [7, 11) is 0. The summed E-state index contributed by atoms with van der Waals surface area (Å²) in [6, 6.07) is 13.1. The second-order valence-corrected chi connectivity index (χ2v) is 8.26. The van der Waals surface area contributed by atoms with Gasteiger partial charge in [-0.3, -0.25) is 14.4 Å². The van der Waals surface area contributed by atoms with Crippen LogP contribution in [0.3, 0.4) is 0 Å². The molecule has 2 aromatic carbocycles. The summed E-state index contributed by atoms with van der Waals surface area (Å²) in [6.45, 7) is 6.24. The summed E-state index contributed by atoms with van der Waals surface area (Å²) >= 11 is 0. The number of hydrogen-bond donors (Lipinski definition) is 1. The third-order valence-corrected chi connectivity index (χ3v) is 5.98. The van der Waals surface area contributed by atoms with Crippen molar-refractivity contribution in [3.05, 3.63) is 75.9 Å². The van der Waals surface area contributed by atoms with Crippen LogP contribution in [-0.4, -0.2) is 17.5 Å². The lowest BCUT2D eigenvalue weighted by atomic mass is 9.84. The number of nitrogens with zero attached hydrogens (tertiary/aromatic N) is 1. The normalized spacial score (nSPS) is 18.2. The van der Waals surface area contributed by atoms with E-state index in [2.05, 4.69) is 11.4 Å². The van der Waals surface area contributed by atoms with Crippen LogP contribution in [0.15, 0.2) is 42.5 Å². The van der Waals surface area contributed by atoms with Crippen LogP contribution in [0.5, 0.6) is 0 Å². The Morgan fingerprint density at radius 3 is 2.56 bits per heavy atom. The number of carbonyl (C=O) groups is 3. The van der Waals surface area contributed by atoms with Crippen molar-refractivity contribution in [3.8, 4) is 6.07 Å². The number of Topliss-reactive ketones (excluding diaryl/α,β-unsaturated/α-hetero) is 2. The molecule has 2 atom stereocenters. The van der Waals surface area contributed by atoms with Gasteiger partial charge in [-0.15, -0.1) is 0 Å². The highest BCUT2D eigenvalue weighted by molar-refractivity contribution is 6.15. The number of benzene rings is 2. The fraction of sp³-hybridized carbons (Fsp3) is 0.333. The molecule has 164 valence electrons. The molecule has 1 fully saturated rings. The Labute approximate surface area is 189 Å². The zero-order valence-corrected chi connectivity index (χ0v) is 18.8. The molecule has 0 spiro atoms. The molecule has 5 heteroatoms. The van der Waals surface area contributed by atoms with Crippen molar-refractivity contribution in [2.45, 2.75) is 52.5 Å². The van der Waals surface area contributed by atoms with E-state index >= 15 is 0 Å². The van der Waals surface area contributed by atoms with E-state index in [1.54, 1.807) is 24.3 Å². The quantitative estimate of drug-likeness (QED) is 0.662. The van der Waals surface area contributed by atoms with Gasteiger partial charge in [0.25, 0.3) is 0 Å². The summed E-state index contributed by atoms with van der Waals surface area (Å²) < 4.78 is 0. The van der Waals surface area contributed by atoms with Crippen molar-refractivity contribution in [2.24, 2.45) is 5.92 Å². The van der Waals surface area contributed by atoms with Crippen LogP contribution >= 0.6 is 0 Å². The van der Waals surface area contributed by atoms with Gasteiger partial charge in [0, 0.05) is 25.3 Å². The van der Waals surface area contributed by atoms with Crippen molar-refractivity contribution < 1.29 is 14.4 Å². The van der Waals surface area contributed by atoms with Crippen LogP contribution in [0.4, 0.5) is 0 Å². The van der Waals surface area contributed by atoms with Gasteiger partial charge in [0.1, 0.15) is 11.7 Å². The van der Waals surface area contributed by atoms with E-state index in [1.807, 2.05) is 45.1 Å². The fourth-order valence-electron chi connectivity index (χ4n) is 4.42. The van der Waals surface area contributed by atoms with E-state index in [0.717, 1.165) is 34.2 Å². The molecule has 1 amide bonds. The monoisotopic (exact) mass is 428 g/mol. The third kappa shape index (κ3) is 5.03. The lowest BCUT2D eigenvalue weighted by Gasteiger charge is -2.18. The van der Waals surface area contributed by atoms with Crippen molar-refractivity contribution in [3.63, 3.8) is 0 Å². The number of amides is 1. The lowest BCUT2D eigenvalue weighted by molar-refractivity contribution is -0.128. The minimum absolute atomic E-state index is 0.00845. The van der Waals surface area contributed by atoms with Crippen molar-refractivity contribution in [2.75, 3.05) is 0 Å². The molecule has 5 nitrogen and oxygen atoms in total. The molecule has 1 saturated carbocycles. The summed E-state index contributed by atoms with van der Waals surface area (Å²) in [5.74, 6) is -1.87. The molecular formula is C27H28N2O3. The molecule has 2 unspecified atom stereocenters. The predicted molar refractivity (Wildman–Crippen MR) is 124 cm³/mol. The first kappa shape index (κ1) is 23.1. The summed E-state index contributed by atoms with van der Waals surface area (Å²) in [5.41, 5.74) is 5.25. The van der Waals surface area contributed by atoms with E-state index in [1.165, 1.54) is 0 Å². The van der Waals surface area contributed by atoms with Gasteiger partial charge in [0.15, 0.2) is 5.78 Å². The first-order chi connectivity index (χ1) is 15.4. The number of nitrogens with one attached hydrogen (secondary N) is 1. The minimum Gasteiger partial charge on any atom is -0.352 e. The predicted octanol–water partition coefficient (Wildman–Crippen LogP) is 4.41. The molecule has 0 saturated heterocycles. The van der Waals surface area contributed by atoms with Crippen molar-refractivity contribution in [1.82, 2.24) is 5.32 Å². The largest absolute Gasteiger partial charge is 0.352 e. The maximum Gasteiger partial charge on any atom is 0.221 e. The van der Waals surface area contributed by atoms with Gasteiger partial charge < -0.3 is 5.32 Å². The summed E-state index contributed by atoms with van der Waals surface area (Å²) in [4.78, 5) is 38.5. The smallest absolute Gasteiger partial charge is 0.221 e. The Morgan fingerprint density at radius 2 is 1.94 bits per heavy atom. The summed E-state index contributed by atoms with van der Waals surface area (Å²) in [6.07, 6.45) is 4.82. The van der Waals surface area contributed by atoms with Crippen LogP contribution < -0.4 is 5.32 Å². The lowest BCUT2D eigenvalue weighted by Crippen LogP contribution is -2.27. The van der Waals surface area contributed by atoms with Gasteiger partial charge in [0.2, 0.25) is 5.91 Å². The average Bonchev–Trinajstić information content (AvgIpc) is 3.05. The zero-order chi connectivity index (χ0) is 23.3. The van der Waals surface area contributed by atoms with Gasteiger partial charge in [-0.1, -0.05) is 43.3 Å². The number of allylic oxidation sites excluding steroid dienone is 1. The van der Waals surface area contributed by atoms with Crippen LogP contribution in [-0.2, 0) is 27.3 Å². The molecule has 0 aliphatic heterocycles. The van der Waals surface area contributed by atoms with Gasteiger partial charge in [-0.25, -0.2) is 0 Å². The van der Waals surface area contributed by atoms with Gasteiger partial charge in [-0.05, 0) is 60.2 Å².